The van der Waals surface area contributed by atoms with Crippen LogP contribution in [0.4, 0.5) is 0 Å². The standard InChI is InChI=1S/C11H12N2O3/c12-7-10(14)13-9(11(15)16)6-8-4-2-1-3-5-8/h1-6H,7,12H2,(H,13,14)(H,15,16). The number of amides is 1. The maximum absolute atomic E-state index is 11.0. The van der Waals surface area contributed by atoms with Crippen LogP contribution in [0.3, 0.4) is 0 Å². The molecule has 4 N–H and O–H groups in total. The molecule has 0 saturated carbocycles. The lowest BCUT2D eigenvalue weighted by Gasteiger charge is -2.04. The number of benzene rings is 1. The number of aliphatic carboxylic acids is 1. The first-order valence-electron chi connectivity index (χ1n) is 4.63. The molecule has 0 spiro atoms. The van der Waals surface area contributed by atoms with E-state index in [9.17, 15) is 9.59 Å². The summed E-state index contributed by atoms with van der Waals surface area (Å²) >= 11 is 0. The maximum Gasteiger partial charge on any atom is 0.352 e. The summed E-state index contributed by atoms with van der Waals surface area (Å²) in [5, 5.41) is 11.1. The van der Waals surface area contributed by atoms with Crippen LogP contribution in [0, 0.1) is 0 Å². The maximum atomic E-state index is 11.0. The lowest BCUT2D eigenvalue weighted by atomic mass is 10.2. The van der Waals surface area contributed by atoms with Crippen molar-refractivity contribution in [1.82, 2.24) is 5.32 Å². The third-order valence-corrected chi connectivity index (χ3v) is 1.80. The lowest BCUT2D eigenvalue weighted by molar-refractivity contribution is -0.134. The second-order valence-corrected chi connectivity index (χ2v) is 3.03. The second-order valence-electron chi connectivity index (χ2n) is 3.03. The van der Waals surface area contributed by atoms with Crippen molar-refractivity contribution in [2.45, 2.75) is 0 Å². The smallest absolute Gasteiger partial charge is 0.352 e. The summed E-state index contributed by atoms with van der Waals surface area (Å²) in [6, 6.07) is 8.83. The quantitative estimate of drug-likeness (QED) is 0.631. The van der Waals surface area contributed by atoms with Gasteiger partial charge in [-0.1, -0.05) is 30.3 Å². The molecular formula is C11H12N2O3. The average Bonchev–Trinajstić information content (AvgIpc) is 2.29. The van der Waals surface area contributed by atoms with Crippen LogP contribution in [0.5, 0.6) is 0 Å². The van der Waals surface area contributed by atoms with Crippen LogP contribution in [0.25, 0.3) is 6.08 Å². The second kappa shape index (κ2) is 5.67. The zero-order chi connectivity index (χ0) is 12.0. The summed E-state index contributed by atoms with van der Waals surface area (Å²) < 4.78 is 0. The van der Waals surface area contributed by atoms with Crippen molar-refractivity contribution in [2.24, 2.45) is 5.73 Å². The number of hydrogen-bond donors (Lipinski definition) is 3. The van der Waals surface area contributed by atoms with Crippen LogP contribution in [-0.4, -0.2) is 23.5 Å². The van der Waals surface area contributed by atoms with Crippen molar-refractivity contribution in [3.05, 3.63) is 41.6 Å². The molecule has 5 heteroatoms. The first-order valence-corrected chi connectivity index (χ1v) is 4.63. The molecule has 0 heterocycles. The Kier molecular flexibility index (Phi) is 4.23. The summed E-state index contributed by atoms with van der Waals surface area (Å²) in [4.78, 5) is 21.8. The van der Waals surface area contributed by atoms with E-state index in [-0.39, 0.29) is 12.2 Å². The van der Waals surface area contributed by atoms with Crippen LogP contribution in [-0.2, 0) is 9.59 Å². The van der Waals surface area contributed by atoms with Gasteiger partial charge >= 0.3 is 5.97 Å². The van der Waals surface area contributed by atoms with Gasteiger partial charge in [0.05, 0.1) is 6.54 Å². The monoisotopic (exact) mass is 220 g/mol. The van der Waals surface area contributed by atoms with Gasteiger partial charge in [0, 0.05) is 0 Å². The van der Waals surface area contributed by atoms with Crippen LogP contribution in [0.15, 0.2) is 36.0 Å². The van der Waals surface area contributed by atoms with E-state index in [0.29, 0.717) is 5.56 Å². The molecule has 1 aromatic rings. The molecule has 84 valence electrons. The van der Waals surface area contributed by atoms with Crippen LogP contribution < -0.4 is 11.1 Å². The van der Waals surface area contributed by atoms with E-state index in [2.05, 4.69) is 5.32 Å². The molecule has 16 heavy (non-hydrogen) atoms. The van der Waals surface area contributed by atoms with Gasteiger partial charge in [0.2, 0.25) is 5.91 Å². The number of carboxylic acid groups (broad SMARTS) is 1. The van der Waals surface area contributed by atoms with Crippen LogP contribution in [0.2, 0.25) is 0 Å². The molecule has 1 amide bonds. The number of nitrogens with one attached hydrogen (secondary N) is 1. The zero-order valence-electron chi connectivity index (χ0n) is 8.51. The van der Waals surface area contributed by atoms with E-state index < -0.39 is 11.9 Å². The van der Waals surface area contributed by atoms with Crippen molar-refractivity contribution in [2.75, 3.05) is 6.54 Å². The Morgan fingerprint density at radius 1 is 1.31 bits per heavy atom. The fourth-order valence-electron chi connectivity index (χ4n) is 1.07. The first kappa shape index (κ1) is 11.9. The van der Waals surface area contributed by atoms with E-state index >= 15 is 0 Å². The molecule has 0 atom stereocenters. The third-order valence-electron chi connectivity index (χ3n) is 1.80. The average molecular weight is 220 g/mol. The number of carbonyl (C=O) groups is 2. The lowest BCUT2D eigenvalue weighted by Crippen LogP contribution is -2.32. The molecule has 1 rings (SSSR count). The molecule has 0 fully saturated rings. The predicted molar refractivity (Wildman–Crippen MR) is 59.3 cm³/mol. The molecule has 0 saturated heterocycles. The van der Waals surface area contributed by atoms with Crippen molar-refractivity contribution >= 4 is 18.0 Å². The third kappa shape index (κ3) is 3.55. The molecule has 0 aliphatic rings. The van der Waals surface area contributed by atoms with E-state index in [1.165, 1.54) is 6.08 Å². The minimum absolute atomic E-state index is 0.193. The largest absolute Gasteiger partial charge is 0.477 e. The summed E-state index contributed by atoms with van der Waals surface area (Å²) in [6.07, 6.45) is 1.37. The zero-order valence-corrected chi connectivity index (χ0v) is 8.51. The van der Waals surface area contributed by atoms with Gasteiger partial charge in [0.25, 0.3) is 0 Å². The van der Waals surface area contributed by atoms with Gasteiger partial charge in [-0.3, -0.25) is 4.79 Å². The molecule has 0 unspecified atom stereocenters. The van der Waals surface area contributed by atoms with Crippen molar-refractivity contribution < 1.29 is 14.7 Å². The fourth-order valence-corrected chi connectivity index (χ4v) is 1.07. The Morgan fingerprint density at radius 2 is 1.94 bits per heavy atom. The molecular weight excluding hydrogens is 208 g/mol. The van der Waals surface area contributed by atoms with E-state index in [1.807, 2.05) is 6.07 Å². The van der Waals surface area contributed by atoms with E-state index in [1.54, 1.807) is 24.3 Å². The number of carboxylic acids is 1. The van der Waals surface area contributed by atoms with Gasteiger partial charge in [-0.25, -0.2) is 4.79 Å². The Morgan fingerprint density at radius 3 is 2.44 bits per heavy atom. The number of carbonyl (C=O) groups excluding carboxylic acids is 1. The number of rotatable bonds is 4. The highest BCUT2D eigenvalue weighted by Crippen LogP contribution is 2.04. The van der Waals surface area contributed by atoms with Gasteiger partial charge in [0.1, 0.15) is 5.70 Å². The molecule has 0 radical (unpaired) electrons. The highest BCUT2D eigenvalue weighted by molar-refractivity contribution is 5.97. The summed E-state index contributed by atoms with van der Waals surface area (Å²) in [5.41, 5.74) is 5.58. The molecule has 0 aliphatic carbocycles. The Hall–Kier alpha value is -2.14. The summed E-state index contributed by atoms with van der Waals surface area (Å²) in [6.45, 7) is -0.251. The van der Waals surface area contributed by atoms with E-state index in [4.69, 9.17) is 10.8 Å². The molecule has 0 aliphatic heterocycles. The van der Waals surface area contributed by atoms with E-state index in [0.717, 1.165) is 0 Å². The van der Waals surface area contributed by atoms with Crippen LogP contribution >= 0.6 is 0 Å². The normalized spacial score (nSPS) is 10.9. The number of hydrogen-bond acceptors (Lipinski definition) is 3. The van der Waals surface area contributed by atoms with Crippen LogP contribution in [0.1, 0.15) is 5.56 Å². The topological polar surface area (TPSA) is 92.4 Å². The summed E-state index contributed by atoms with van der Waals surface area (Å²) in [5.74, 6) is -1.74. The van der Waals surface area contributed by atoms with Gasteiger partial charge < -0.3 is 16.2 Å². The van der Waals surface area contributed by atoms with Gasteiger partial charge in [-0.05, 0) is 11.6 Å². The minimum Gasteiger partial charge on any atom is -0.477 e. The molecule has 5 nitrogen and oxygen atoms in total. The molecule has 0 bridgehead atoms. The number of nitrogens with two attached hydrogens (primary N) is 1. The van der Waals surface area contributed by atoms with Crippen molar-refractivity contribution in [3.63, 3.8) is 0 Å². The summed E-state index contributed by atoms with van der Waals surface area (Å²) in [7, 11) is 0. The Balaban J connectivity index is 2.90. The van der Waals surface area contributed by atoms with Gasteiger partial charge in [-0.2, -0.15) is 0 Å². The van der Waals surface area contributed by atoms with Crippen molar-refractivity contribution in [1.29, 1.82) is 0 Å². The van der Waals surface area contributed by atoms with Gasteiger partial charge in [-0.15, -0.1) is 0 Å². The molecule has 0 aromatic heterocycles. The Labute approximate surface area is 92.6 Å². The Bertz CT molecular complexity index is 412. The molecule has 1 aromatic carbocycles. The van der Waals surface area contributed by atoms with Gasteiger partial charge in [0.15, 0.2) is 0 Å². The SMILES string of the molecule is NCC(=O)NC(=Cc1ccccc1)C(=O)O. The fraction of sp³-hybridized carbons (Fsp3) is 0.0909. The first-order chi connectivity index (χ1) is 7.63. The highest BCUT2D eigenvalue weighted by atomic mass is 16.4. The minimum atomic E-state index is -1.20. The van der Waals surface area contributed by atoms with Crippen molar-refractivity contribution in [3.8, 4) is 0 Å². The predicted octanol–water partition coefficient (Wildman–Crippen LogP) is 0.187. The highest BCUT2D eigenvalue weighted by Gasteiger charge is 2.09.